The van der Waals surface area contributed by atoms with Gasteiger partial charge in [0.15, 0.2) is 0 Å². The molecule has 1 aromatic heterocycles. The standard InChI is InChI=1S/C16H21N3O2S/c1-16(2,3)21-15(20)19-8-4-5-13(11-19)22-14-9-12(10-17)6-7-18-14/h6-7,9,13H,4-5,8,11H2,1-3H3/t13-/m0/s1. The van der Waals surface area contributed by atoms with Crippen molar-refractivity contribution in [2.45, 2.75) is 49.5 Å². The first-order chi connectivity index (χ1) is 10.4. The molecule has 0 aromatic carbocycles. The van der Waals surface area contributed by atoms with Crippen molar-refractivity contribution < 1.29 is 9.53 Å². The molecule has 5 nitrogen and oxygen atoms in total. The van der Waals surface area contributed by atoms with Gasteiger partial charge in [-0.15, -0.1) is 11.8 Å². The van der Waals surface area contributed by atoms with E-state index in [0.717, 1.165) is 24.4 Å². The number of hydrogen-bond acceptors (Lipinski definition) is 5. The molecule has 0 radical (unpaired) electrons. The van der Waals surface area contributed by atoms with Gasteiger partial charge in [0, 0.05) is 24.5 Å². The zero-order valence-electron chi connectivity index (χ0n) is 13.2. The molecule has 0 saturated carbocycles. The molecule has 0 bridgehead atoms. The van der Waals surface area contributed by atoms with Gasteiger partial charge in [0.1, 0.15) is 5.60 Å². The predicted octanol–water partition coefficient (Wildman–Crippen LogP) is 3.44. The van der Waals surface area contributed by atoms with Crippen LogP contribution in [0.2, 0.25) is 0 Å². The van der Waals surface area contributed by atoms with Crippen molar-refractivity contribution in [1.29, 1.82) is 5.26 Å². The number of piperidine rings is 1. The lowest BCUT2D eigenvalue weighted by molar-refractivity contribution is 0.0220. The summed E-state index contributed by atoms with van der Waals surface area (Å²) in [4.78, 5) is 18.2. The molecule has 6 heteroatoms. The van der Waals surface area contributed by atoms with Gasteiger partial charge in [-0.05, 0) is 45.7 Å². The lowest BCUT2D eigenvalue weighted by atomic mass is 10.1. The van der Waals surface area contributed by atoms with Gasteiger partial charge in [0.25, 0.3) is 0 Å². The highest BCUT2D eigenvalue weighted by atomic mass is 32.2. The topological polar surface area (TPSA) is 66.2 Å². The van der Waals surface area contributed by atoms with Crippen LogP contribution < -0.4 is 0 Å². The minimum atomic E-state index is -0.472. The van der Waals surface area contributed by atoms with Crippen molar-refractivity contribution in [2.24, 2.45) is 0 Å². The Kier molecular flexibility index (Phi) is 5.30. The van der Waals surface area contributed by atoms with E-state index in [1.54, 1.807) is 35.0 Å². The second-order valence-corrected chi connectivity index (χ2v) is 7.62. The number of rotatable bonds is 2. The van der Waals surface area contributed by atoms with Gasteiger partial charge >= 0.3 is 6.09 Å². The van der Waals surface area contributed by atoms with E-state index in [-0.39, 0.29) is 11.3 Å². The molecule has 1 atom stereocenters. The molecular weight excluding hydrogens is 298 g/mol. The normalized spacial score (nSPS) is 18.6. The number of nitriles is 1. The Balaban J connectivity index is 1.96. The fraction of sp³-hybridized carbons (Fsp3) is 0.562. The van der Waals surface area contributed by atoms with E-state index in [1.807, 2.05) is 20.8 Å². The number of carbonyl (C=O) groups is 1. The second-order valence-electron chi connectivity index (χ2n) is 6.30. The van der Waals surface area contributed by atoms with Crippen molar-refractivity contribution in [1.82, 2.24) is 9.88 Å². The average Bonchev–Trinajstić information content (AvgIpc) is 2.46. The second kappa shape index (κ2) is 7.01. The van der Waals surface area contributed by atoms with Crippen LogP contribution in [0.4, 0.5) is 4.79 Å². The first-order valence-corrected chi connectivity index (χ1v) is 8.26. The number of nitrogens with zero attached hydrogens (tertiary/aromatic N) is 3. The summed E-state index contributed by atoms with van der Waals surface area (Å²) in [5, 5.41) is 10.0. The Morgan fingerprint density at radius 2 is 2.32 bits per heavy atom. The highest BCUT2D eigenvalue weighted by molar-refractivity contribution is 7.99. The molecule has 1 fully saturated rings. The summed E-state index contributed by atoms with van der Waals surface area (Å²) >= 11 is 1.62. The number of carbonyl (C=O) groups excluding carboxylic acids is 1. The molecule has 22 heavy (non-hydrogen) atoms. The van der Waals surface area contributed by atoms with Crippen LogP contribution in [0.25, 0.3) is 0 Å². The predicted molar refractivity (Wildman–Crippen MR) is 85.6 cm³/mol. The van der Waals surface area contributed by atoms with Gasteiger partial charge in [-0.1, -0.05) is 0 Å². The highest BCUT2D eigenvalue weighted by Gasteiger charge is 2.28. The monoisotopic (exact) mass is 319 g/mol. The van der Waals surface area contributed by atoms with Gasteiger partial charge < -0.3 is 9.64 Å². The van der Waals surface area contributed by atoms with Gasteiger partial charge in [-0.3, -0.25) is 0 Å². The zero-order valence-corrected chi connectivity index (χ0v) is 14.0. The molecule has 0 aliphatic carbocycles. The number of hydrogen-bond donors (Lipinski definition) is 0. The third kappa shape index (κ3) is 4.92. The molecule has 1 amide bonds. The number of thioether (sulfide) groups is 1. The fourth-order valence-electron chi connectivity index (χ4n) is 2.24. The number of aromatic nitrogens is 1. The molecule has 1 aromatic rings. The summed E-state index contributed by atoms with van der Waals surface area (Å²) in [6.07, 6.45) is 3.38. The SMILES string of the molecule is CC(C)(C)OC(=O)N1CCC[C@H](Sc2cc(C#N)ccn2)C1. The minimum absolute atomic E-state index is 0.253. The molecule has 0 N–H and O–H groups in total. The van der Waals surface area contributed by atoms with Crippen LogP contribution >= 0.6 is 11.8 Å². The summed E-state index contributed by atoms with van der Waals surface area (Å²) in [5.74, 6) is 0. The van der Waals surface area contributed by atoms with Crippen molar-refractivity contribution >= 4 is 17.9 Å². The Bertz CT molecular complexity index is 577. The van der Waals surface area contributed by atoms with Crippen LogP contribution in [-0.2, 0) is 4.74 Å². The third-order valence-corrected chi connectivity index (χ3v) is 4.36. The fourth-order valence-corrected chi connectivity index (χ4v) is 3.44. The van der Waals surface area contributed by atoms with Crippen molar-refractivity contribution in [3.8, 4) is 6.07 Å². The number of ether oxygens (including phenoxy) is 1. The summed E-state index contributed by atoms with van der Waals surface area (Å²) in [7, 11) is 0. The van der Waals surface area contributed by atoms with E-state index < -0.39 is 5.60 Å². The lowest BCUT2D eigenvalue weighted by Gasteiger charge is -2.33. The van der Waals surface area contributed by atoms with Crippen LogP contribution in [0.15, 0.2) is 23.4 Å². The molecule has 2 rings (SSSR count). The third-order valence-electron chi connectivity index (χ3n) is 3.18. The molecule has 2 heterocycles. The van der Waals surface area contributed by atoms with Crippen LogP contribution in [0.1, 0.15) is 39.2 Å². The molecule has 1 aliphatic heterocycles. The first-order valence-electron chi connectivity index (χ1n) is 7.38. The maximum Gasteiger partial charge on any atom is 0.410 e. The van der Waals surface area contributed by atoms with Crippen LogP contribution in [0.3, 0.4) is 0 Å². The Morgan fingerprint density at radius 1 is 1.55 bits per heavy atom. The van der Waals surface area contributed by atoms with Crippen LogP contribution in [-0.4, -0.2) is 39.9 Å². The summed E-state index contributed by atoms with van der Waals surface area (Å²) in [6.45, 7) is 7.00. The van der Waals surface area contributed by atoms with Crippen molar-refractivity contribution in [2.75, 3.05) is 13.1 Å². The molecular formula is C16H21N3O2S. The zero-order chi connectivity index (χ0) is 16.2. The molecule has 0 spiro atoms. The number of likely N-dealkylation sites (tertiary alicyclic amines) is 1. The van der Waals surface area contributed by atoms with Crippen molar-refractivity contribution in [3.05, 3.63) is 23.9 Å². The van der Waals surface area contributed by atoms with E-state index in [0.29, 0.717) is 12.1 Å². The van der Waals surface area contributed by atoms with Gasteiger partial charge in [0.2, 0.25) is 0 Å². The smallest absolute Gasteiger partial charge is 0.410 e. The number of pyridine rings is 1. The lowest BCUT2D eigenvalue weighted by Crippen LogP contribution is -2.43. The maximum atomic E-state index is 12.1. The maximum absolute atomic E-state index is 12.1. The highest BCUT2D eigenvalue weighted by Crippen LogP contribution is 2.29. The van der Waals surface area contributed by atoms with E-state index >= 15 is 0 Å². The average molecular weight is 319 g/mol. The minimum Gasteiger partial charge on any atom is -0.444 e. The summed E-state index contributed by atoms with van der Waals surface area (Å²) < 4.78 is 5.43. The Hall–Kier alpha value is -1.74. The Morgan fingerprint density at radius 3 is 3.00 bits per heavy atom. The Labute approximate surface area is 135 Å². The van der Waals surface area contributed by atoms with E-state index in [9.17, 15) is 4.79 Å². The quantitative estimate of drug-likeness (QED) is 0.835. The molecule has 0 unspecified atom stereocenters. The first kappa shape index (κ1) is 16.6. The molecule has 1 saturated heterocycles. The van der Waals surface area contributed by atoms with Gasteiger partial charge in [0.05, 0.1) is 16.7 Å². The largest absolute Gasteiger partial charge is 0.444 e. The van der Waals surface area contributed by atoms with Crippen molar-refractivity contribution in [3.63, 3.8) is 0 Å². The van der Waals surface area contributed by atoms with E-state index in [2.05, 4.69) is 11.1 Å². The van der Waals surface area contributed by atoms with E-state index in [4.69, 9.17) is 10.00 Å². The molecule has 1 aliphatic rings. The van der Waals surface area contributed by atoms with E-state index in [1.165, 1.54) is 0 Å². The summed E-state index contributed by atoms with van der Waals surface area (Å²) in [6, 6.07) is 5.60. The van der Waals surface area contributed by atoms with Crippen LogP contribution in [0.5, 0.6) is 0 Å². The molecule has 118 valence electrons. The van der Waals surface area contributed by atoms with Gasteiger partial charge in [-0.2, -0.15) is 5.26 Å². The van der Waals surface area contributed by atoms with Crippen LogP contribution in [0, 0.1) is 11.3 Å². The number of amides is 1. The van der Waals surface area contributed by atoms with Gasteiger partial charge in [-0.25, -0.2) is 9.78 Å². The summed E-state index contributed by atoms with van der Waals surface area (Å²) in [5.41, 5.74) is 0.136.